The number of hydrogen-bond donors (Lipinski definition) is 2. The number of anilines is 1. The second-order valence-corrected chi connectivity index (χ2v) is 6.13. The second kappa shape index (κ2) is 5.58. The fourth-order valence-corrected chi connectivity index (χ4v) is 3.29. The predicted octanol–water partition coefficient (Wildman–Crippen LogP) is 3.96. The summed E-state index contributed by atoms with van der Waals surface area (Å²) in [5.74, 6) is 0. The minimum absolute atomic E-state index is 0.0339. The lowest BCUT2D eigenvalue weighted by Crippen LogP contribution is -2.47. The van der Waals surface area contributed by atoms with Crippen LogP contribution in [-0.4, -0.2) is 17.1 Å². The minimum atomic E-state index is 0.0339. The number of benzene rings is 1. The number of nitrogens with two attached hydrogens (primary N) is 1. The zero-order valence-corrected chi connectivity index (χ0v) is 12.3. The van der Waals surface area contributed by atoms with Gasteiger partial charge in [-0.3, -0.25) is 4.98 Å². The molecule has 1 aromatic heterocycles. The first-order valence-corrected chi connectivity index (χ1v) is 7.63. The molecule has 1 saturated carbocycles. The third-order valence-corrected chi connectivity index (χ3v) is 4.54. The summed E-state index contributed by atoms with van der Waals surface area (Å²) in [4.78, 5) is 4.39. The molecule has 0 bridgehead atoms. The van der Waals surface area contributed by atoms with Crippen LogP contribution in [0.15, 0.2) is 30.5 Å². The van der Waals surface area contributed by atoms with Crippen molar-refractivity contribution in [2.24, 2.45) is 5.73 Å². The van der Waals surface area contributed by atoms with E-state index in [4.69, 9.17) is 17.3 Å². The van der Waals surface area contributed by atoms with Gasteiger partial charge in [-0.25, -0.2) is 0 Å². The molecule has 2 aromatic rings. The summed E-state index contributed by atoms with van der Waals surface area (Å²) >= 11 is 6.04. The van der Waals surface area contributed by atoms with E-state index in [0.717, 1.165) is 29.4 Å². The maximum absolute atomic E-state index is 6.06. The van der Waals surface area contributed by atoms with Gasteiger partial charge in [-0.15, -0.1) is 0 Å². The normalized spacial score (nSPS) is 18.1. The van der Waals surface area contributed by atoms with Crippen molar-refractivity contribution in [3.8, 4) is 0 Å². The van der Waals surface area contributed by atoms with E-state index >= 15 is 0 Å². The summed E-state index contributed by atoms with van der Waals surface area (Å²) in [5, 5.41) is 5.52. The van der Waals surface area contributed by atoms with Crippen LogP contribution in [0.5, 0.6) is 0 Å². The number of fused-ring (bicyclic) bond motifs is 1. The molecule has 1 fully saturated rings. The molecule has 0 spiro atoms. The highest BCUT2D eigenvalue weighted by molar-refractivity contribution is 6.31. The van der Waals surface area contributed by atoms with Crippen molar-refractivity contribution in [1.29, 1.82) is 0 Å². The van der Waals surface area contributed by atoms with Crippen LogP contribution in [0.3, 0.4) is 0 Å². The van der Waals surface area contributed by atoms with Crippen molar-refractivity contribution in [1.82, 2.24) is 4.98 Å². The smallest absolute Gasteiger partial charge is 0.0737 e. The zero-order valence-electron chi connectivity index (χ0n) is 11.5. The third kappa shape index (κ3) is 2.60. The molecule has 0 amide bonds. The summed E-state index contributed by atoms with van der Waals surface area (Å²) in [6, 6.07) is 7.87. The van der Waals surface area contributed by atoms with E-state index in [2.05, 4.69) is 10.3 Å². The van der Waals surface area contributed by atoms with E-state index in [1.165, 1.54) is 19.3 Å². The fraction of sp³-hybridized carbons (Fsp3) is 0.438. The van der Waals surface area contributed by atoms with Gasteiger partial charge in [0.1, 0.15) is 0 Å². The summed E-state index contributed by atoms with van der Waals surface area (Å²) in [6.45, 7) is 0.671. The van der Waals surface area contributed by atoms with Gasteiger partial charge in [0.25, 0.3) is 0 Å². The number of hydrogen-bond acceptors (Lipinski definition) is 3. The number of halogens is 1. The van der Waals surface area contributed by atoms with Crippen molar-refractivity contribution in [3.63, 3.8) is 0 Å². The van der Waals surface area contributed by atoms with Crippen molar-refractivity contribution in [3.05, 3.63) is 35.5 Å². The number of aromatic nitrogens is 1. The maximum atomic E-state index is 6.06. The molecule has 0 atom stereocenters. The standard InChI is InChI=1S/C16H20ClN3/c17-12-4-5-13-14(6-9-19-15(13)10-12)20-16(11-18)7-2-1-3-8-16/h4-6,9-10H,1-3,7-8,11,18H2,(H,19,20). The van der Waals surface area contributed by atoms with Crippen LogP contribution >= 0.6 is 11.6 Å². The van der Waals surface area contributed by atoms with Crippen LogP contribution in [-0.2, 0) is 0 Å². The summed E-state index contributed by atoms with van der Waals surface area (Å²) < 4.78 is 0. The van der Waals surface area contributed by atoms with E-state index in [9.17, 15) is 0 Å². The van der Waals surface area contributed by atoms with Gasteiger partial charge < -0.3 is 11.1 Å². The summed E-state index contributed by atoms with van der Waals surface area (Å²) in [5.41, 5.74) is 8.12. The Morgan fingerprint density at radius 3 is 2.75 bits per heavy atom. The van der Waals surface area contributed by atoms with Gasteiger partial charge in [0.05, 0.1) is 5.52 Å². The van der Waals surface area contributed by atoms with E-state index in [-0.39, 0.29) is 5.54 Å². The van der Waals surface area contributed by atoms with Crippen LogP contribution in [0, 0.1) is 0 Å². The largest absolute Gasteiger partial charge is 0.378 e. The number of nitrogens with one attached hydrogen (secondary N) is 1. The van der Waals surface area contributed by atoms with Crippen LogP contribution in [0.25, 0.3) is 10.9 Å². The molecule has 0 unspecified atom stereocenters. The Bertz CT molecular complexity index is 606. The third-order valence-electron chi connectivity index (χ3n) is 4.31. The number of rotatable bonds is 3. The first-order valence-electron chi connectivity index (χ1n) is 7.25. The summed E-state index contributed by atoms with van der Waals surface area (Å²) in [7, 11) is 0. The lowest BCUT2D eigenvalue weighted by Gasteiger charge is -2.38. The molecule has 0 radical (unpaired) electrons. The first kappa shape index (κ1) is 13.7. The molecule has 3 nitrogen and oxygen atoms in total. The highest BCUT2D eigenvalue weighted by Crippen LogP contribution is 2.33. The van der Waals surface area contributed by atoms with Gasteiger partial charge in [0.15, 0.2) is 0 Å². The lowest BCUT2D eigenvalue weighted by molar-refractivity contribution is 0.331. The highest BCUT2D eigenvalue weighted by Gasteiger charge is 2.30. The molecule has 106 valence electrons. The van der Waals surface area contributed by atoms with Crippen molar-refractivity contribution in [2.75, 3.05) is 11.9 Å². The Morgan fingerprint density at radius 1 is 1.20 bits per heavy atom. The molecule has 1 aromatic carbocycles. The quantitative estimate of drug-likeness (QED) is 0.899. The van der Waals surface area contributed by atoms with E-state index in [1.54, 1.807) is 0 Å². The Kier molecular flexibility index (Phi) is 3.81. The molecular weight excluding hydrogens is 270 g/mol. The van der Waals surface area contributed by atoms with Crippen molar-refractivity contribution >= 4 is 28.2 Å². The van der Waals surface area contributed by atoms with Crippen LogP contribution in [0.2, 0.25) is 5.02 Å². The number of nitrogens with zero attached hydrogens (tertiary/aromatic N) is 1. The minimum Gasteiger partial charge on any atom is -0.378 e. The molecule has 20 heavy (non-hydrogen) atoms. The fourth-order valence-electron chi connectivity index (χ4n) is 3.12. The van der Waals surface area contributed by atoms with Gasteiger partial charge in [0.2, 0.25) is 0 Å². The van der Waals surface area contributed by atoms with Crippen LogP contribution in [0.4, 0.5) is 5.69 Å². The van der Waals surface area contributed by atoms with Gasteiger partial charge in [-0.05, 0) is 37.1 Å². The lowest BCUT2D eigenvalue weighted by atomic mass is 9.81. The molecule has 4 heteroatoms. The zero-order chi connectivity index (χ0) is 14.0. The van der Waals surface area contributed by atoms with Gasteiger partial charge in [-0.1, -0.05) is 30.9 Å². The molecule has 1 aliphatic carbocycles. The Labute approximate surface area is 124 Å². The average molecular weight is 290 g/mol. The van der Waals surface area contributed by atoms with Gasteiger partial charge in [0, 0.05) is 34.4 Å². The average Bonchev–Trinajstić information content (AvgIpc) is 2.48. The molecule has 0 saturated heterocycles. The van der Waals surface area contributed by atoms with Crippen molar-refractivity contribution in [2.45, 2.75) is 37.6 Å². The Morgan fingerprint density at radius 2 is 2.00 bits per heavy atom. The second-order valence-electron chi connectivity index (χ2n) is 5.69. The van der Waals surface area contributed by atoms with Gasteiger partial charge >= 0.3 is 0 Å². The molecular formula is C16H20ClN3. The Hall–Kier alpha value is -1.32. The number of pyridine rings is 1. The molecule has 3 rings (SSSR count). The first-order chi connectivity index (χ1) is 9.72. The Balaban J connectivity index is 1.97. The maximum Gasteiger partial charge on any atom is 0.0737 e. The van der Waals surface area contributed by atoms with Gasteiger partial charge in [-0.2, -0.15) is 0 Å². The molecule has 0 aliphatic heterocycles. The van der Waals surface area contributed by atoms with Crippen molar-refractivity contribution < 1.29 is 0 Å². The molecule has 3 N–H and O–H groups in total. The topological polar surface area (TPSA) is 50.9 Å². The highest BCUT2D eigenvalue weighted by atomic mass is 35.5. The molecule has 1 heterocycles. The van der Waals surface area contributed by atoms with E-state index in [1.807, 2.05) is 30.5 Å². The monoisotopic (exact) mass is 289 g/mol. The van der Waals surface area contributed by atoms with Crippen LogP contribution < -0.4 is 11.1 Å². The van der Waals surface area contributed by atoms with E-state index < -0.39 is 0 Å². The van der Waals surface area contributed by atoms with Crippen LogP contribution in [0.1, 0.15) is 32.1 Å². The van der Waals surface area contributed by atoms with E-state index in [0.29, 0.717) is 11.6 Å². The summed E-state index contributed by atoms with van der Waals surface area (Å²) in [6.07, 6.45) is 7.92. The SMILES string of the molecule is NCC1(Nc2ccnc3cc(Cl)ccc23)CCCCC1. The molecule has 1 aliphatic rings. The predicted molar refractivity (Wildman–Crippen MR) is 85.2 cm³/mol.